The molecule has 3 nitrogen and oxygen atoms in total. The minimum absolute atomic E-state index is 0.0684. The number of rotatable bonds is 2. The second-order valence-corrected chi connectivity index (χ2v) is 3.56. The van der Waals surface area contributed by atoms with Crippen molar-refractivity contribution < 1.29 is 22.7 Å². The summed E-state index contributed by atoms with van der Waals surface area (Å²) in [5.74, 6) is -0.350. The fourth-order valence-electron chi connectivity index (χ4n) is 1.11. The van der Waals surface area contributed by atoms with Crippen LogP contribution in [0, 0.1) is 0 Å². The molecule has 0 spiro atoms. The van der Waals surface area contributed by atoms with Gasteiger partial charge in [0.25, 0.3) is 0 Å². The van der Waals surface area contributed by atoms with Crippen molar-refractivity contribution in [2.75, 3.05) is 7.11 Å². The molecule has 0 bridgehead atoms. The molecule has 86 valence electrons. The maximum atomic E-state index is 12.6. The largest absolute Gasteiger partial charge is 0.495 e. The third-order valence-corrected chi connectivity index (χ3v) is 2.30. The zero-order valence-electron chi connectivity index (χ0n) is 7.93. The van der Waals surface area contributed by atoms with Gasteiger partial charge in [-0.05, 0) is 28.1 Å². The van der Waals surface area contributed by atoms with E-state index in [2.05, 4.69) is 25.7 Å². The summed E-state index contributed by atoms with van der Waals surface area (Å²) in [4.78, 5) is 13.1. The van der Waals surface area contributed by atoms with E-state index in [0.29, 0.717) is 6.07 Å². The van der Waals surface area contributed by atoms with Crippen LogP contribution < -0.4 is 4.74 Å². The van der Waals surface area contributed by atoms with Crippen LogP contribution in [0.2, 0.25) is 0 Å². The van der Waals surface area contributed by atoms with Gasteiger partial charge in [-0.15, -0.1) is 0 Å². The van der Waals surface area contributed by atoms with Crippen LogP contribution in [0.15, 0.2) is 21.6 Å². The normalized spacial score (nSPS) is 10.8. The number of halogens is 4. The lowest BCUT2D eigenvalue weighted by atomic mass is 10.1. The Morgan fingerprint density at radius 2 is 2.06 bits per heavy atom. The van der Waals surface area contributed by atoms with Gasteiger partial charge in [0.05, 0.1) is 17.3 Å². The summed E-state index contributed by atoms with van der Waals surface area (Å²) >= 11 is 2.91. The molecule has 0 saturated heterocycles. The van der Waals surface area contributed by atoms with Crippen molar-refractivity contribution >= 4 is 27.7 Å². The van der Waals surface area contributed by atoms with Crippen LogP contribution in [0.1, 0.15) is 5.56 Å². The Hall–Kier alpha value is -1.33. The molecule has 0 N–H and O–H groups in total. The molecular formula is C9H5BrF3NO2. The van der Waals surface area contributed by atoms with Crippen molar-refractivity contribution in [3.63, 3.8) is 0 Å². The van der Waals surface area contributed by atoms with E-state index >= 15 is 0 Å². The molecule has 0 unspecified atom stereocenters. The molecule has 0 atom stereocenters. The molecular weight excluding hydrogens is 291 g/mol. The van der Waals surface area contributed by atoms with Crippen LogP contribution in [-0.2, 0) is 11.0 Å². The number of nitrogens with zero attached hydrogens (tertiary/aromatic N) is 1. The van der Waals surface area contributed by atoms with Gasteiger partial charge in [-0.3, -0.25) is 0 Å². The lowest BCUT2D eigenvalue weighted by Crippen LogP contribution is -2.07. The van der Waals surface area contributed by atoms with Crippen LogP contribution in [0.4, 0.5) is 18.9 Å². The van der Waals surface area contributed by atoms with Crippen molar-refractivity contribution in [1.29, 1.82) is 0 Å². The summed E-state index contributed by atoms with van der Waals surface area (Å²) in [5.41, 5.74) is -1.15. The first-order chi connectivity index (χ1) is 7.40. The number of aliphatic imine (C=N–C) groups is 1. The highest BCUT2D eigenvalue weighted by atomic mass is 79.9. The SMILES string of the molecule is COc1c(Br)cc(N=C=O)cc1C(F)(F)F. The minimum atomic E-state index is -4.58. The first-order valence-electron chi connectivity index (χ1n) is 3.92. The second kappa shape index (κ2) is 4.67. The monoisotopic (exact) mass is 295 g/mol. The molecule has 0 aliphatic rings. The molecule has 7 heteroatoms. The summed E-state index contributed by atoms with van der Waals surface area (Å²) in [5, 5.41) is 0. The molecule has 0 aromatic heterocycles. The Kier molecular flexibility index (Phi) is 3.72. The van der Waals surface area contributed by atoms with Gasteiger partial charge >= 0.3 is 6.18 Å². The fourth-order valence-corrected chi connectivity index (χ4v) is 1.72. The third kappa shape index (κ3) is 2.62. The van der Waals surface area contributed by atoms with E-state index in [1.54, 1.807) is 0 Å². The van der Waals surface area contributed by atoms with E-state index in [1.165, 1.54) is 12.1 Å². The number of benzene rings is 1. The summed E-state index contributed by atoms with van der Waals surface area (Å²) < 4.78 is 42.5. The maximum absolute atomic E-state index is 12.6. The number of alkyl halides is 3. The molecule has 0 aliphatic heterocycles. The number of hydrogen-bond acceptors (Lipinski definition) is 3. The molecule has 0 heterocycles. The molecule has 1 aromatic rings. The van der Waals surface area contributed by atoms with Crippen molar-refractivity contribution in [3.05, 3.63) is 22.2 Å². The van der Waals surface area contributed by atoms with Gasteiger partial charge in [-0.2, -0.15) is 18.2 Å². The van der Waals surface area contributed by atoms with Crippen molar-refractivity contribution in [2.45, 2.75) is 6.18 Å². The smallest absolute Gasteiger partial charge is 0.420 e. The summed E-state index contributed by atoms with van der Waals surface area (Å²) in [6.07, 6.45) is -3.41. The van der Waals surface area contributed by atoms with Gasteiger partial charge < -0.3 is 4.74 Å². The first kappa shape index (κ1) is 12.7. The highest BCUT2D eigenvalue weighted by Crippen LogP contribution is 2.42. The number of carbonyl (C=O) groups excluding carboxylic acids is 1. The Morgan fingerprint density at radius 3 is 2.50 bits per heavy atom. The van der Waals surface area contributed by atoms with E-state index in [1.807, 2.05) is 0 Å². The van der Waals surface area contributed by atoms with E-state index in [9.17, 15) is 18.0 Å². The maximum Gasteiger partial charge on any atom is 0.420 e. The van der Waals surface area contributed by atoms with Crippen LogP contribution in [-0.4, -0.2) is 13.2 Å². The molecule has 0 aliphatic carbocycles. The Morgan fingerprint density at radius 1 is 1.44 bits per heavy atom. The molecule has 1 aromatic carbocycles. The number of methoxy groups -OCH3 is 1. The third-order valence-electron chi connectivity index (χ3n) is 1.71. The van der Waals surface area contributed by atoms with Gasteiger partial charge in [0.2, 0.25) is 6.08 Å². The predicted molar refractivity (Wildman–Crippen MR) is 53.5 cm³/mol. The Balaban J connectivity index is 3.48. The van der Waals surface area contributed by atoms with Gasteiger partial charge in [0, 0.05) is 0 Å². The average molecular weight is 296 g/mol. The lowest BCUT2D eigenvalue weighted by Gasteiger charge is -2.13. The fraction of sp³-hybridized carbons (Fsp3) is 0.222. The van der Waals surface area contributed by atoms with E-state index in [0.717, 1.165) is 7.11 Å². The molecule has 0 fully saturated rings. The molecule has 0 saturated carbocycles. The topological polar surface area (TPSA) is 38.7 Å². The zero-order valence-corrected chi connectivity index (χ0v) is 9.52. The summed E-state index contributed by atoms with van der Waals surface area (Å²) in [6.45, 7) is 0. The van der Waals surface area contributed by atoms with Crippen LogP contribution in [0.5, 0.6) is 5.75 Å². The molecule has 0 amide bonds. The van der Waals surface area contributed by atoms with Crippen molar-refractivity contribution in [1.82, 2.24) is 0 Å². The predicted octanol–water partition coefficient (Wildman–Crippen LogP) is 3.44. The van der Waals surface area contributed by atoms with Gasteiger partial charge in [0.15, 0.2) is 0 Å². The molecule has 1 rings (SSSR count). The van der Waals surface area contributed by atoms with Crippen LogP contribution in [0.3, 0.4) is 0 Å². The number of hydrogen-bond donors (Lipinski definition) is 0. The van der Waals surface area contributed by atoms with E-state index in [-0.39, 0.29) is 15.9 Å². The number of ether oxygens (including phenoxy) is 1. The summed E-state index contributed by atoms with van der Waals surface area (Å²) in [7, 11) is 1.12. The standard InChI is InChI=1S/C9H5BrF3NO2/c1-16-8-6(9(11,12)13)2-5(14-4-15)3-7(8)10/h2-3H,1H3. The van der Waals surface area contributed by atoms with Crippen LogP contribution in [0.25, 0.3) is 0 Å². The Bertz CT molecular complexity index is 453. The quantitative estimate of drug-likeness (QED) is 0.619. The van der Waals surface area contributed by atoms with Gasteiger partial charge in [-0.1, -0.05) is 0 Å². The van der Waals surface area contributed by atoms with Crippen LogP contribution >= 0.6 is 15.9 Å². The summed E-state index contributed by atoms with van der Waals surface area (Å²) in [6, 6.07) is 1.95. The zero-order chi connectivity index (χ0) is 12.3. The second-order valence-electron chi connectivity index (χ2n) is 2.71. The number of isocyanates is 1. The van der Waals surface area contributed by atoms with Crippen molar-refractivity contribution in [2.24, 2.45) is 4.99 Å². The highest BCUT2D eigenvalue weighted by molar-refractivity contribution is 9.10. The van der Waals surface area contributed by atoms with Gasteiger partial charge in [0.1, 0.15) is 11.3 Å². The van der Waals surface area contributed by atoms with E-state index in [4.69, 9.17) is 0 Å². The van der Waals surface area contributed by atoms with E-state index < -0.39 is 11.7 Å². The Labute approximate surface area is 97.1 Å². The van der Waals surface area contributed by atoms with Crippen molar-refractivity contribution in [3.8, 4) is 5.75 Å². The first-order valence-corrected chi connectivity index (χ1v) is 4.72. The molecule has 0 radical (unpaired) electrons. The lowest BCUT2D eigenvalue weighted by molar-refractivity contribution is -0.138. The van der Waals surface area contributed by atoms with Gasteiger partial charge in [-0.25, -0.2) is 4.79 Å². The molecule has 16 heavy (non-hydrogen) atoms. The minimum Gasteiger partial charge on any atom is -0.495 e. The average Bonchev–Trinajstić information content (AvgIpc) is 2.16. The highest BCUT2D eigenvalue weighted by Gasteiger charge is 2.35.